The van der Waals surface area contributed by atoms with Gasteiger partial charge in [0.15, 0.2) is 0 Å². The fraction of sp³-hybridized carbons (Fsp3) is 0.133. The molecule has 0 fully saturated rings. The highest BCUT2D eigenvalue weighted by Gasteiger charge is 2.30. The lowest BCUT2D eigenvalue weighted by Crippen LogP contribution is -2.16. The standard InChI is InChI=1S/C15H12F3O2/c1-2-11-4-3-5-14(10-11)19-12-6-8-13(9-7-12)20-15(16,17)18/h2-10H,1H3. The van der Waals surface area contributed by atoms with E-state index in [1.54, 1.807) is 6.07 Å². The Morgan fingerprint density at radius 2 is 1.55 bits per heavy atom. The van der Waals surface area contributed by atoms with Crippen LogP contribution in [0.2, 0.25) is 0 Å². The fourth-order valence-electron chi connectivity index (χ4n) is 1.60. The van der Waals surface area contributed by atoms with Gasteiger partial charge in [-0.3, -0.25) is 0 Å². The third-order valence-electron chi connectivity index (χ3n) is 2.48. The number of hydrogen-bond donors (Lipinski definition) is 0. The number of hydrogen-bond acceptors (Lipinski definition) is 2. The van der Waals surface area contributed by atoms with E-state index in [0.717, 1.165) is 5.56 Å². The van der Waals surface area contributed by atoms with E-state index in [2.05, 4.69) is 4.74 Å². The molecule has 0 heterocycles. The van der Waals surface area contributed by atoms with Gasteiger partial charge in [0.25, 0.3) is 0 Å². The van der Waals surface area contributed by atoms with Crippen molar-refractivity contribution in [2.75, 3.05) is 0 Å². The van der Waals surface area contributed by atoms with Crippen LogP contribution in [0.4, 0.5) is 13.2 Å². The largest absolute Gasteiger partial charge is 0.573 e. The van der Waals surface area contributed by atoms with Crippen molar-refractivity contribution in [3.8, 4) is 17.2 Å². The van der Waals surface area contributed by atoms with Gasteiger partial charge in [-0.2, -0.15) is 0 Å². The van der Waals surface area contributed by atoms with Crippen LogP contribution >= 0.6 is 0 Å². The molecule has 0 aliphatic heterocycles. The summed E-state index contributed by atoms with van der Waals surface area (Å²) in [5.41, 5.74) is 1.000. The molecule has 2 aromatic carbocycles. The van der Waals surface area contributed by atoms with Gasteiger partial charge < -0.3 is 9.47 Å². The van der Waals surface area contributed by atoms with Crippen molar-refractivity contribution < 1.29 is 22.6 Å². The van der Waals surface area contributed by atoms with Crippen molar-refractivity contribution in [3.63, 3.8) is 0 Å². The average Bonchev–Trinajstić information content (AvgIpc) is 2.40. The van der Waals surface area contributed by atoms with Gasteiger partial charge in [0.1, 0.15) is 17.2 Å². The number of rotatable bonds is 4. The molecule has 0 bridgehead atoms. The normalized spacial score (nSPS) is 11.2. The second-order valence-corrected chi connectivity index (χ2v) is 3.98. The smallest absolute Gasteiger partial charge is 0.457 e. The van der Waals surface area contributed by atoms with Crippen LogP contribution in [0.5, 0.6) is 17.2 Å². The minimum atomic E-state index is -4.69. The first-order valence-electron chi connectivity index (χ1n) is 5.89. The summed E-state index contributed by atoms with van der Waals surface area (Å²) in [5.74, 6) is 0.776. The SMILES string of the molecule is C[CH]c1cccc(Oc2ccc(OC(F)(F)F)cc2)c1. The molecule has 0 aliphatic rings. The average molecular weight is 281 g/mol. The predicted molar refractivity (Wildman–Crippen MR) is 68.7 cm³/mol. The zero-order valence-electron chi connectivity index (χ0n) is 10.6. The minimum absolute atomic E-state index is 0.277. The van der Waals surface area contributed by atoms with E-state index in [1.807, 2.05) is 31.5 Å². The van der Waals surface area contributed by atoms with Crippen LogP contribution in [0.3, 0.4) is 0 Å². The van der Waals surface area contributed by atoms with E-state index in [1.165, 1.54) is 24.3 Å². The third kappa shape index (κ3) is 4.19. The summed E-state index contributed by atoms with van der Waals surface area (Å²) in [6.07, 6.45) is -2.76. The van der Waals surface area contributed by atoms with Gasteiger partial charge in [0.05, 0.1) is 0 Å². The summed E-state index contributed by atoms with van der Waals surface area (Å²) in [4.78, 5) is 0. The molecule has 0 aliphatic carbocycles. The first-order valence-corrected chi connectivity index (χ1v) is 5.89. The van der Waals surface area contributed by atoms with E-state index < -0.39 is 6.36 Å². The molecule has 0 spiro atoms. The minimum Gasteiger partial charge on any atom is -0.457 e. The molecule has 2 rings (SSSR count). The highest BCUT2D eigenvalue weighted by atomic mass is 19.4. The first kappa shape index (κ1) is 14.2. The maximum Gasteiger partial charge on any atom is 0.573 e. The van der Waals surface area contributed by atoms with Crippen LogP contribution < -0.4 is 9.47 Å². The van der Waals surface area contributed by atoms with Crippen molar-refractivity contribution in [2.24, 2.45) is 0 Å². The molecule has 2 nitrogen and oxygen atoms in total. The molecule has 20 heavy (non-hydrogen) atoms. The molecule has 2 aromatic rings. The Kier molecular flexibility index (Phi) is 4.17. The zero-order valence-corrected chi connectivity index (χ0v) is 10.6. The monoisotopic (exact) mass is 281 g/mol. The van der Waals surface area contributed by atoms with Crippen LogP contribution in [0.15, 0.2) is 48.5 Å². The maximum absolute atomic E-state index is 12.0. The molecule has 0 saturated carbocycles. The van der Waals surface area contributed by atoms with Gasteiger partial charge in [-0.25, -0.2) is 0 Å². The molecule has 0 saturated heterocycles. The Morgan fingerprint density at radius 3 is 2.15 bits per heavy atom. The Bertz CT molecular complexity index is 562. The number of alkyl halides is 3. The van der Waals surface area contributed by atoms with Gasteiger partial charge in [0, 0.05) is 0 Å². The summed E-state index contributed by atoms with van der Waals surface area (Å²) < 4.78 is 45.4. The number of halogens is 3. The Hall–Kier alpha value is -2.17. The van der Waals surface area contributed by atoms with Gasteiger partial charge >= 0.3 is 6.36 Å². The van der Waals surface area contributed by atoms with Crippen LogP contribution in [-0.2, 0) is 0 Å². The summed E-state index contributed by atoms with van der Waals surface area (Å²) >= 11 is 0. The number of benzene rings is 2. The van der Waals surface area contributed by atoms with Crippen LogP contribution in [0.1, 0.15) is 12.5 Å². The van der Waals surface area contributed by atoms with Crippen molar-refractivity contribution in [2.45, 2.75) is 13.3 Å². The highest BCUT2D eigenvalue weighted by Crippen LogP contribution is 2.27. The molecule has 0 atom stereocenters. The van der Waals surface area contributed by atoms with E-state index in [-0.39, 0.29) is 5.75 Å². The quantitative estimate of drug-likeness (QED) is 0.789. The lowest BCUT2D eigenvalue weighted by molar-refractivity contribution is -0.274. The summed E-state index contributed by atoms with van der Waals surface area (Å²) in [6, 6.07) is 12.6. The molecule has 0 N–H and O–H groups in total. The van der Waals surface area contributed by atoms with E-state index in [4.69, 9.17) is 4.74 Å². The van der Waals surface area contributed by atoms with Gasteiger partial charge in [-0.05, 0) is 48.4 Å². The Morgan fingerprint density at radius 1 is 0.900 bits per heavy atom. The topological polar surface area (TPSA) is 18.5 Å². The van der Waals surface area contributed by atoms with Gasteiger partial charge in [0.2, 0.25) is 0 Å². The molecule has 0 aromatic heterocycles. The lowest BCUT2D eigenvalue weighted by Gasteiger charge is -2.10. The lowest BCUT2D eigenvalue weighted by atomic mass is 10.2. The number of ether oxygens (including phenoxy) is 2. The van der Waals surface area contributed by atoms with E-state index >= 15 is 0 Å². The van der Waals surface area contributed by atoms with Crippen LogP contribution in [0, 0.1) is 6.42 Å². The summed E-state index contributed by atoms with van der Waals surface area (Å²) in [7, 11) is 0. The molecule has 1 radical (unpaired) electrons. The van der Waals surface area contributed by atoms with Crippen molar-refractivity contribution in [3.05, 3.63) is 60.5 Å². The fourth-order valence-corrected chi connectivity index (χ4v) is 1.60. The second-order valence-electron chi connectivity index (χ2n) is 3.98. The maximum atomic E-state index is 12.0. The van der Waals surface area contributed by atoms with Gasteiger partial charge in [-0.15, -0.1) is 13.2 Å². The zero-order chi connectivity index (χ0) is 14.6. The molecular weight excluding hydrogens is 269 g/mol. The third-order valence-corrected chi connectivity index (χ3v) is 2.48. The van der Waals surface area contributed by atoms with E-state index in [0.29, 0.717) is 11.5 Å². The van der Waals surface area contributed by atoms with Crippen molar-refractivity contribution in [1.82, 2.24) is 0 Å². The molecule has 0 unspecified atom stereocenters. The molecule has 5 heteroatoms. The van der Waals surface area contributed by atoms with Gasteiger partial charge in [-0.1, -0.05) is 19.1 Å². The van der Waals surface area contributed by atoms with Crippen molar-refractivity contribution >= 4 is 0 Å². The van der Waals surface area contributed by atoms with Crippen molar-refractivity contribution in [1.29, 1.82) is 0 Å². The van der Waals surface area contributed by atoms with Crippen LogP contribution in [0.25, 0.3) is 0 Å². The highest BCUT2D eigenvalue weighted by molar-refractivity contribution is 5.38. The Balaban J connectivity index is 2.06. The Labute approximate surface area is 114 Å². The molecule has 0 amide bonds. The summed E-state index contributed by atoms with van der Waals surface area (Å²) in [6.45, 7) is 1.91. The van der Waals surface area contributed by atoms with E-state index in [9.17, 15) is 13.2 Å². The summed E-state index contributed by atoms with van der Waals surface area (Å²) in [5, 5.41) is 0. The predicted octanol–water partition coefficient (Wildman–Crippen LogP) is 4.95. The first-order chi connectivity index (χ1) is 9.46. The second kappa shape index (κ2) is 5.86. The molecular formula is C15H12F3O2. The molecule has 105 valence electrons. The van der Waals surface area contributed by atoms with Crippen LogP contribution in [-0.4, -0.2) is 6.36 Å².